The maximum atomic E-state index is 11.5. The first-order valence-corrected chi connectivity index (χ1v) is 13.3. The Morgan fingerprint density at radius 1 is 1.06 bits per heavy atom. The number of hydrogen-bond donors (Lipinski definition) is 1. The second kappa shape index (κ2) is 12.6. The molecule has 0 spiro atoms. The molecule has 1 aromatic rings. The molecule has 1 saturated carbocycles. The normalized spacial score (nSPS) is 28.0. The minimum atomic E-state index is -0.814. The Morgan fingerprint density at radius 3 is 2.36 bits per heavy atom. The molecule has 0 amide bonds. The predicted octanol–water partition coefficient (Wildman–Crippen LogP) is 7.70. The highest BCUT2D eigenvalue weighted by atomic mass is 16.5. The molecule has 1 atom stereocenters. The van der Waals surface area contributed by atoms with E-state index in [0.29, 0.717) is 11.8 Å². The first kappa shape index (κ1) is 25.7. The summed E-state index contributed by atoms with van der Waals surface area (Å²) < 4.78 is 6.75. The van der Waals surface area contributed by atoms with Gasteiger partial charge in [0.25, 0.3) is 0 Å². The van der Waals surface area contributed by atoms with Crippen molar-refractivity contribution in [2.45, 2.75) is 90.6 Å². The summed E-state index contributed by atoms with van der Waals surface area (Å²) in [6.07, 6.45) is 20.3. The smallest absolute Gasteiger partial charge is 0.314 e. The zero-order valence-corrected chi connectivity index (χ0v) is 21.0. The minimum Gasteiger partial charge on any atom is -0.481 e. The van der Waals surface area contributed by atoms with E-state index in [9.17, 15) is 9.90 Å². The van der Waals surface area contributed by atoms with Crippen LogP contribution in [0.4, 0.5) is 0 Å². The van der Waals surface area contributed by atoms with Gasteiger partial charge in [-0.2, -0.15) is 0 Å². The van der Waals surface area contributed by atoms with Crippen LogP contribution in [0.2, 0.25) is 0 Å². The van der Waals surface area contributed by atoms with Gasteiger partial charge in [-0.15, -0.1) is 0 Å². The van der Waals surface area contributed by atoms with E-state index in [2.05, 4.69) is 45.0 Å². The summed E-state index contributed by atoms with van der Waals surface area (Å²) in [5.41, 5.74) is 1.79. The van der Waals surface area contributed by atoms with Gasteiger partial charge in [0.15, 0.2) is 0 Å². The van der Waals surface area contributed by atoms with Crippen molar-refractivity contribution >= 4 is 5.97 Å². The predicted molar refractivity (Wildman–Crippen MR) is 136 cm³/mol. The van der Waals surface area contributed by atoms with Gasteiger partial charge in [0, 0.05) is 0 Å². The lowest BCUT2D eigenvalue weighted by Gasteiger charge is -2.36. The Bertz CT molecular complexity index is 787. The van der Waals surface area contributed by atoms with Crippen molar-refractivity contribution in [3.05, 3.63) is 59.7 Å². The van der Waals surface area contributed by atoms with Gasteiger partial charge in [-0.1, -0.05) is 102 Å². The molecule has 3 rings (SSSR count). The molecule has 3 nitrogen and oxygen atoms in total. The van der Waals surface area contributed by atoms with Crippen LogP contribution in [0.25, 0.3) is 0 Å². The first-order chi connectivity index (χ1) is 16.0. The zero-order chi connectivity index (χ0) is 23.7. The molecule has 33 heavy (non-hydrogen) atoms. The van der Waals surface area contributed by atoms with Crippen LogP contribution in [-0.2, 0) is 21.6 Å². The van der Waals surface area contributed by atoms with Gasteiger partial charge in [-0.05, 0) is 60.3 Å². The number of hydrogen-bond acceptors (Lipinski definition) is 2. The standard InChI is InChI=1S/C30H44O3/c1-4-6-7-10-24-13-15-25(16-14-24)22-33-30(19-17-26(18-20-30)29(31)32)28-12-9-8-11-27(28)21-23(3)5-2/h8-9,11-12,17-20,23-26H,4-7,10,13-16,21-22H2,1-3H3,(H,31,32)/t23-,24?,25?,26?,30?/m0/s1. The third-order valence-electron chi connectivity index (χ3n) is 7.83. The fourth-order valence-electron chi connectivity index (χ4n) is 5.36. The monoisotopic (exact) mass is 452 g/mol. The lowest BCUT2D eigenvalue weighted by Crippen LogP contribution is -2.33. The van der Waals surface area contributed by atoms with Crippen LogP contribution in [0, 0.1) is 23.7 Å². The van der Waals surface area contributed by atoms with Gasteiger partial charge in [-0.25, -0.2) is 0 Å². The second-order valence-corrected chi connectivity index (χ2v) is 10.4. The van der Waals surface area contributed by atoms with Crippen molar-refractivity contribution in [2.24, 2.45) is 23.7 Å². The summed E-state index contributed by atoms with van der Waals surface area (Å²) in [5.74, 6) is 0.677. The van der Waals surface area contributed by atoms with E-state index in [1.165, 1.54) is 56.9 Å². The molecule has 2 aliphatic carbocycles. The molecule has 0 radical (unpaired) electrons. The molecule has 0 heterocycles. The van der Waals surface area contributed by atoms with Crippen LogP contribution >= 0.6 is 0 Å². The first-order valence-electron chi connectivity index (χ1n) is 13.3. The molecule has 2 aliphatic rings. The van der Waals surface area contributed by atoms with E-state index >= 15 is 0 Å². The van der Waals surface area contributed by atoms with Crippen LogP contribution in [0.15, 0.2) is 48.6 Å². The maximum absolute atomic E-state index is 11.5. The highest BCUT2D eigenvalue weighted by Gasteiger charge is 2.35. The number of carboxylic acid groups (broad SMARTS) is 1. The molecule has 1 aromatic carbocycles. The third-order valence-corrected chi connectivity index (χ3v) is 7.83. The quantitative estimate of drug-likeness (QED) is 0.261. The number of benzene rings is 1. The van der Waals surface area contributed by atoms with Crippen LogP contribution < -0.4 is 0 Å². The van der Waals surface area contributed by atoms with Crippen molar-refractivity contribution in [1.82, 2.24) is 0 Å². The average Bonchev–Trinajstić information content (AvgIpc) is 2.84. The molecule has 0 saturated heterocycles. The van der Waals surface area contributed by atoms with Crippen LogP contribution in [0.3, 0.4) is 0 Å². The molecule has 3 heteroatoms. The van der Waals surface area contributed by atoms with Gasteiger partial charge >= 0.3 is 5.97 Å². The van der Waals surface area contributed by atoms with E-state index in [-0.39, 0.29) is 0 Å². The molecule has 0 bridgehead atoms. The summed E-state index contributed by atoms with van der Waals surface area (Å²) >= 11 is 0. The second-order valence-electron chi connectivity index (χ2n) is 10.4. The Morgan fingerprint density at radius 2 is 1.73 bits per heavy atom. The van der Waals surface area contributed by atoms with E-state index in [1.54, 1.807) is 12.2 Å². The zero-order valence-electron chi connectivity index (χ0n) is 21.0. The Hall–Kier alpha value is -1.87. The van der Waals surface area contributed by atoms with Crippen molar-refractivity contribution in [3.63, 3.8) is 0 Å². The van der Waals surface area contributed by atoms with Gasteiger partial charge in [-0.3, -0.25) is 4.79 Å². The topological polar surface area (TPSA) is 46.5 Å². The van der Waals surface area contributed by atoms with Gasteiger partial charge < -0.3 is 9.84 Å². The lowest BCUT2D eigenvalue weighted by molar-refractivity contribution is -0.138. The molecule has 0 unspecified atom stereocenters. The molecular weight excluding hydrogens is 408 g/mol. The van der Waals surface area contributed by atoms with Gasteiger partial charge in [0.1, 0.15) is 5.60 Å². The fraction of sp³-hybridized carbons (Fsp3) is 0.633. The summed E-state index contributed by atoms with van der Waals surface area (Å²) in [5, 5.41) is 9.48. The van der Waals surface area contributed by atoms with E-state index in [0.717, 1.165) is 30.9 Å². The number of ether oxygens (including phenoxy) is 1. The number of rotatable bonds is 12. The minimum absolute atomic E-state index is 0.581. The Kier molecular flexibility index (Phi) is 9.79. The highest BCUT2D eigenvalue weighted by molar-refractivity contribution is 5.75. The van der Waals surface area contributed by atoms with E-state index in [1.807, 2.05) is 12.2 Å². The SMILES string of the molecule is CCCCCC1CCC(COC2(c3ccccc3C[C@@H](C)CC)C=CC(C(=O)O)C=C2)CC1. The van der Waals surface area contributed by atoms with E-state index in [4.69, 9.17) is 4.74 Å². The van der Waals surface area contributed by atoms with Crippen molar-refractivity contribution in [1.29, 1.82) is 0 Å². The van der Waals surface area contributed by atoms with Crippen molar-refractivity contribution in [3.8, 4) is 0 Å². The molecular formula is C30H44O3. The van der Waals surface area contributed by atoms with Gasteiger partial charge in [0.05, 0.1) is 12.5 Å². The van der Waals surface area contributed by atoms with Crippen molar-refractivity contribution < 1.29 is 14.6 Å². The number of carbonyl (C=O) groups is 1. The maximum Gasteiger partial charge on any atom is 0.314 e. The van der Waals surface area contributed by atoms with E-state index < -0.39 is 17.5 Å². The van der Waals surface area contributed by atoms with Crippen LogP contribution in [-0.4, -0.2) is 17.7 Å². The highest BCUT2D eigenvalue weighted by Crippen LogP contribution is 2.39. The van der Waals surface area contributed by atoms with Gasteiger partial charge in [0.2, 0.25) is 0 Å². The average molecular weight is 453 g/mol. The summed E-state index contributed by atoms with van der Waals surface area (Å²) in [6, 6.07) is 8.55. The molecule has 1 N–H and O–H groups in total. The van der Waals surface area contributed by atoms with Crippen LogP contribution in [0.5, 0.6) is 0 Å². The Labute approximate surface area is 201 Å². The largest absolute Gasteiger partial charge is 0.481 e. The number of carboxylic acids is 1. The lowest BCUT2D eigenvalue weighted by atomic mass is 9.79. The summed E-state index contributed by atoms with van der Waals surface area (Å²) in [7, 11) is 0. The molecule has 0 aromatic heterocycles. The number of unbranched alkanes of at least 4 members (excludes halogenated alkanes) is 2. The molecule has 0 aliphatic heterocycles. The number of aliphatic carboxylic acids is 1. The summed E-state index contributed by atoms with van der Waals surface area (Å²) in [4.78, 5) is 11.5. The third kappa shape index (κ3) is 7.06. The van der Waals surface area contributed by atoms with Crippen LogP contribution in [0.1, 0.15) is 89.7 Å². The summed E-state index contributed by atoms with van der Waals surface area (Å²) in [6.45, 7) is 7.52. The molecule has 182 valence electrons. The Balaban J connectivity index is 1.73. The molecule has 1 fully saturated rings. The fourth-order valence-corrected chi connectivity index (χ4v) is 5.36. The van der Waals surface area contributed by atoms with Crippen molar-refractivity contribution in [2.75, 3.05) is 6.61 Å².